The Morgan fingerprint density at radius 3 is 2.69 bits per heavy atom. The van der Waals surface area contributed by atoms with Crippen LogP contribution in [0.1, 0.15) is 51.8 Å². The number of amides is 1. The monoisotopic (exact) mass is 453 g/mol. The Morgan fingerprint density at radius 2 is 2.03 bits per heavy atom. The predicted molar refractivity (Wildman–Crippen MR) is 123 cm³/mol. The summed E-state index contributed by atoms with van der Waals surface area (Å²) in [4.78, 5) is 18.4. The number of aliphatic hydroxyl groups is 1. The molecule has 0 radical (unpaired) electrons. The molecule has 2 aromatic heterocycles. The standard InChI is InChI=1S/C24H28ClN5O2/c1-15-11-20(29-28-15)14-30(2)24(32)17-5-3-16(4-6-17)12-19-8-9-21(27-19)23(31)18-7-10-22(25)26-13-18/h3-7,10-11,13,19,21,23,27,31H,8-9,12,14H2,1-2H3,(H,28,29)/t19-,21-,23-/m1/s1. The zero-order chi connectivity index (χ0) is 22.7. The number of benzene rings is 1. The van der Waals surface area contributed by atoms with Gasteiger partial charge in [-0.25, -0.2) is 4.98 Å². The van der Waals surface area contributed by atoms with Crippen molar-refractivity contribution in [3.05, 3.63) is 81.9 Å². The van der Waals surface area contributed by atoms with Crippen molar-refractivity contribution in [2.45, 2.75) is 50.9 Å². The number of hydrogen-bond donors (Lipinski definition) is 3. The zero-order valence-corrected chi connectivity index (χ0v) is 19.0. The van der Waals surface area contributed by atoms with Gasteiger partial charge in [0.25, 0.3) is 5.91 Å². The van der Waals surface area contributed by atoms with Gasteiger partial charge in [-0.1, -0.05) is 29.8 Å². The Labute approximate surface area is 192 Å². The van der Waals surface area contributed by atoms with Crippen LogP contribution in [0.15, 0.2) is 48.7 Å². The van der Waals surface area contributed by atoms with Crippen molar-refractivity contribution in [2.75, 3.05) is 7.05 Å². The normalized spacial score (nSPS) is 19.1. The highest BCUT2D eigenvalue weighted by atomic mass is 35.5. The van der Waals surface area contributed by atoms with Gasteiger partial charge in [0.05, 0.1) is 18.3 Å². The maximum absolute atomic E-state index is 12.7. The second-order valence-corrected chi connectivity index (χ2v) is 8.90. The van der Waals surface area contributed by atoms with Crippen molar-refractivity contribution < 1.29 is 9.90 Å². The van der Waals surface area contributed by atoms with E-state index in [0.717, 1.165) is 41.8 Å². The molecule has 168 valence electrons. The summed E-state index contributed by atoms with van der Waals surface area (Å²) in [6.07, 6.45) is 3.73. The van der Waals surface area contributed by atoms with Crippen molar-refractivity contribution >= 4 is 17.5 Å². The Morgan fingerprint density at radius 1 is 1.25 bits per heavy atom. The summed E-state index contributed by atoms with van der Waals surface area (Å²) < 4.78 is 0. The van der Waals surface area contributed by atoms with Crippen LogP contribution in [0, 0.1) is 6.92 Å². The van der Waals surface area contributed by atoms with E-state index in [1.165, 1.54) is 0 Å². The average molecular weight is 454 g/mol. The molecule has 1 saturated heterocycles. The molecule has 3 heterocycles. The number of aliphatic hydroxyl groups excluding tert-OH is 1. The summed E-state index contributed by atoms with van der Waals surface area (Å²) in [6.45, 7) is 2.40. The molecule has 0 bridgehead atoms. The second kappa shape index (κ2) is 9.81. The van der Waals surface area contributed by atoms with Gasteiger partial charge in [-0.15, -0.1) is 0 Å². The fourth-order valence-corrected chi connectivity index (χ4v) is 4.33. The van der Waals surface area contributed by atoms with Gasteiger partial charge >= 0.3 is 0 Å². The number of rotatable bonds is 7. The Bertz CT molecular complexity index is 1050. The van der Waals surface area contributed by atoms with Crippen molar-refractivity contribution in [1.82, 2.24) is 25.4 Å². The molecule has 32 heavy (non-hydrogen) atoms. The first-order chi connectivity index (χ1) is 15.4. The van der Waals surface area contributed by atoms with Crippen molar-refractivity contribution in [3.8, 4) is 0 Å². The van der Waals surface area contributed by atoms with E-state index in [4.69, 9.17) is 11.6 Å². The van der Waals surface area contributed by atoms with Crippen LogP contribution in [0.3, 0.4) is 0 Å². The molecule has 0 saturated carbocycles. The van der Waals surface area contributed by atoms with E-state index in [1.807, 2.05) is 43.3 Å². The predicted octanol–water partition coefficient (Wildman–Crippen LogP) is 3.44. The topological polar surface area (TPSA) is 94.1 Å². The minimum atomic E-state index is -0.612. The molecule has 3 aromatic rings. The van der Waals surface area contributed by atoms with Crippen LogP contribution in [0.25, 0.3) is 0 Å². The van der Waals surface area contributed by atoms with Crippen molar-refractivity contribution in [1.29, 1.82) is 0 Å². The number of halogens is 1. The third-order valence-corrected chi connectivity index (χ3v) is 6.16. The molecule has 1 fully saturated rings. The Hall–Kier alpha value is -2.74. The summed E-state index contributed by atoms with van der Waals surface area (Å²) >= 11 is 5.84. The highest BCUT2D eigenvalue weighted by molar-refractivity contribution is 6.29. The fraction of sp³-hybridized carbons (Fsp3) is 0.375. The molecule has 0 spiro atoms. The number of hydrogen-bond acceptors (Lipinski definition) is 5. The third-order valence-electron chi connectivity index (χ3n) is 5.94. The van der Waals surface area contributed by atoms with E-state index < -0.39 is 6.10 Å². The maximum atomic E-state index is 12.7. The van der Waals surface area contributed by atoms with Crippen LogP contribution in [-0.4, -0.2) is 50.2 Å². The van der Waals surface area contributed by atoms with Crippen LogP contribution in [0.2, 0.25) is 5.15 Å². The minimum absolute atomic E-state index is 0.0110. The molecule has 0 aliphatic carbocycles. The van der Waals surface area contributed by atoms with E-state index in [1.54, 1.807) is 24.2 Å². The van der Waals surface area contributed by atoms with Crippen LogP contribution >= 0.6 is 11.6 Å². The van der Waals surface area contributed by atoms with Crippen LogP contribution < -0.4 is 5.32 Å². The number of nitrogens with one attached hydrogen (secondary N) is 2. The molecular formula is C24H28ClN5O2. The number of aryl methyl sites for hydroxylation is 1. The molecule has 1 amide bonds. The largest absolute Gasteiger partial charge is 0.387 e. The highest BCUT2D eigenvalue weighted by Crippen LogP contribution is 2.27. The van der Waals surface area contributed by atoms with Crippen molar-refractivity contribution in [3.63, 3.8) is 0 Å². The van der Waals surface area contributed by atoms with E-state index in [-0.39, 0.29) is 18.0 Å². The number of carbonyl (C=O) groups is 1. The first-order valence-corrected chi connectivity index (χ1v) is 11.2. The number of H-pyrrole nitrogens is 1. The molecule has 3 N–H and O–H groups in total. The van der Waals surface area contributed by atoms with E-state index in [9.17, 15) is 9.90 Å². The van der Waals surface area contributed by atoms with Gasteiger partial charge in [-0.05, 0) is 56.0 Å². The number of carbonyl (C=O) groups excluding carboxylic acids is 1. The molecule has 0 unspecified atom stereocenters. The van der Waals surface area contributed by atoms with Gasteiger partial charge in [0.2, 0.25) is 0 Å². The first kappa shape index (κ1) is 22.5. The minimum Gasteiger partial charge on any atom is -0.387 e. The highest BCUT2D eigenvalue weighted by Gasteiger charge is 2.30. The number of aromatic nitrogens is 3. The maximum Gasteiger partial charge on any atom is 0.253 e. The summed E-state index contributed by atoms with van der Waals surface area (Å²) in [6, 6.07) is 13.5. The lowest BCUT2D eigenvalue weighted by Gasteiger charge is -2.20. The molecule has 7 nitrogen and oxygen atoms in total. The van der Waals surface area contributed by atoms with Gasteiger partial charge in [0.15, 0.2) is 0 Å². The lowest BCUT2D eigenvalue weighted by atomic mass is 10.0. The Kier molecular flexibility index (Phi) is 6.89. The van der Waals surface area contributed by atoms with Gasteiger partial charge in [-0.2, -0.15) is 5.10 Å². The lowest BCUT2D eigenvalue weighted by molar-refractivity contribution is 0.0783. The molecule has 1 aromatic carbocycles. The second-order valence-electron chi connectivity index (χ2n) is 8.51. The lowest BCUT2D eigenvalue weighted by Crippen LogP contribution is -2.35. The van der Waals surface area contributed by atoms with Gasteiger partial charge in [-0.3, -0.25) is 9.89 Å². The van der Waals surface area contributed by atoms with Crippen LogP contribution in [-0.2, 0) is 13.0 Å². The third kappa shape index (κ3) is 5.35. The fourth-order valence-electron chi connectivity index (χ4n) is 4.21. The molecule has 4 rings (SSSR count). The van der Waals surface area contributed by atoms with Crippen LogP contribution in [0.4, 0.5) is 0 Å². The molecule has 3 atom stereocenters. The van der Waals surface area contributed by atoms with Crippen LogP contribution in [0.5, 0.6) is 0 Å². The first-order valence-electron chi connectivity index (χ1n) is 10.8. The summed E-state index contributed by atoms with van der Waals surface area (Å²) in [5.74, 6) is -0.0315. The van der Waals surface area contributed by atoms with E-state index in [0.29, 0.717) is 17.3 Å². The Balaban J connectivity index is 1.30. The smallest absolute Gasteiger partial charge is 0.253 e. The number of nitrogens with zero attached hydrogens (tertiary/aromatic N) is 3. The summed E-state index contributed by atoms with van der Waals surface area (Å²) in [7, 11) is 1.78. The zero-order valence-electron chi connectivity index (χ0n) is 18.3. The molecule has 8 heteroatoms. The average Bonchev–Trinajstić information content (AvgIpc) is 3.42. The molecular weight excluding hydrogens is 426 g/mol. The summed E-state index contributed by atoms with van der Waals surface area (Å²) in [5.41, 5.74) is 4.41. The van der Waals surface area contributed by atoms with Gasteiger partial charge < -0.3 is 15.3 Å². The SMILES string of the molecule is Cc1cc(CN(C)C(=O)c2ccc(C[C@H]3CC[C@H]([C@H](O)c4ccc(Cl)nc4)N3)cc2)n[nH]1. The molecule has 1 aliphatic heterocycles. The van der Waals surface area contributed by atoms with E-state index >= 15 is 0 Å². The van der Waals surface area contributed by atoms with Gasteiger partial charge in [0, 0.05) is 42.1 Å². The molecule has 1 aliphatic rings. The van der Waals surface area contributed by atoms with Gasteiger partial charge in [0.1, 0.15) is 5.15 Å². The number of pyridine rings is 1. The summed E-state index contributed by atoms with van der Waals surface area (Å²) in [5, 5.41) is 21.7. The van der Waals surface area contributed by atoms with Crippen molar-refractivity contribution in [2.24, 2.45) is 0 Å². The van der Waals surface area contributed by atoms with E-state index in [2.05, 4.69) is 20.5 Å². The number of aromatic amines is 1. The quantitative estimate of drug-likeness (QED) is 0.476.